The Morgan fingerprint density at radius 3 is 2.35 bits per heavy atom. The first-order valence-corrected chi connectivity index (χ1v) is 14.4. The topological polar surface area (TPSA) is 59.8 Å². The van der Waals surface area contributed by atoms with E-state index in [1.54, 1.807) is 0 Å². The van der Waals surface area contributed by atoms with E-state index in [4.69, 9.17) is 9.15 Å². The summed E-state index contributed by atoms with van der Waals surface area (Å²) in [7, 11) is 1.35. The second-order valence-corrected chi connectivity index (χ2v) is 11.0. The molecule has 0 aliphatic rings. The molecule has 0 aliphatic carbocycles. The first-order valence-electron chi connectivity index (χ1n) is 13.4. The van der Waals surface area contributed by atoms with Crippen molar-refractivity contribution in [3.05, 3.63) is 125 Å². The maximum Gasteiger partial charge on any atom is 0.449 e. The largest absolute Gasteiger partial charge is 0.468 e. The molecule has 0 radical (unpaired) electrons. The summed E-state index contributed by atoms with van der Waals surface area (Å²) in [6.45, 7) is 1.86. The highest BCUT2D eigenvalue weighted by atomic mass is 32.2. The lowest BCUT2D eigenvalue weighted by molar-refractivity contribution is -0.153. The van der Waals surface area contributed by atoms with Crippen LogP contribution in [-0.4, -0.2) is 29.6 Å². The molecule has 5 nitrogen and oxygen atoms in total. The summed E-state index contributed by atoms with van der Waals surface area (Å²) in [4.78, 5) is 28.0. The standard InChI is InChI=1S/C34H28F3NO4S/c1-22-10-13-25-6-3-4-9-29(25)32(22)33(40)38(20-27-16-17-30(42-27)34(35,36)37)19-23-11-14-24(15-12-23)26-7-5-8-28(18-26)43-21-31(39)41-2/h3-18H,19-21H2,1-2H3. The van der Waals surface area contributed by atoms with Gasteiger partial charge in [0.25, 0.3) is 5.91 Å². The molecule has 0 unspecified atom stereocenters. The van der Waals surface area contributed by atoms with Crippen molar-refractivity contribution in [2.24, 2.45) is 0 Å². The number of furan rings is 1. The Hall–Kier alpha value is -4.50. The number of alkyl halides is 3. The molecule has 5 rings (SSSR count). The predicted octanol–water partition coefficient (Wildman–Crippen LogP) is 8.53. The predicted molar refractivity (Wildman–Crippen MR) is 161 cm³/mol. The van der Waals surface area contributed by atoms with E-state index in [1.807, 2.05) is 91.9 Å². The van der Waals surface area contributed by atoms with Gasteiger partial charge in [-0.1, -0.05) is 72.8 Å². The third-order valence-corrected chi connectivity index (χ3v) is 7.97. The number of nitrogens with zero attached hydrogens (tertiary/aromatic N) is 1. The van der Waals surface area contributed by atoms with Crippen molar-refractivity contribution in [3.8, 4) is 11.1 Å². The molecule has 0 fully saturated rings. The van der Waals surface area contributed by atoms with Crippen LogP contribution >= 0.6 is 11.8 Å². The van der Waals surface area contributed by atoms with Crippen molar-refractivity contribution in [3.63, 3.8) is 0 Å². The minimum atomic E-state index is -4.62. The second-order valence-electron chi connectivity index (χ2n) is 9.99. The van der Waals surface area contributed by atoms with Gasteiger partial charge < -0.3 is 14.1 Å². The van der Waals surface area contributed by atoms with Crippen molar-refractivity contribution in [2.45, 2.75) is 31.1 Å². The molecule has 5 aromatic rings. The van der Waals surface area contributed by atoms with E-state index in [0.29, 0.717) is 5.56 Å². The Morgan fingerprint density at radius 1 is 0.860 bits per heavy atom. The van der Waals surface area contributed by atoms with Gasteiger partial charge in [-0.3, -0.25) is 9.59 Å². The van der Waals surface area contributed by atoms with Crippen LogP contribution in [0.5, 0.6) is 0 Å². The van der Waals surface area contributed by atoms with Crippen molar-refractivity contribution in [1.29, 1.82) is 0 Å². The van der Waals surface area contributed by atoms with Crippen molar-refractivity contribution in [1.82, 2.24) is 4.90 Å². The minimum absolute atomic E-state index is 0.0384. The summed E-state index contributed by atoms with van der Waals surface area (Å²) in [5.74, 6) is -1.47. The zero-order valence-corrected chi connectivity index (χ0v) is 24.3. The fourth-order valence-corrected chi connectivity index (χ4v) is 5.60. The smallest absolute Gasteiger partial charge is 0.449 e. The number of ether oxygens (including phenoxy) is 1. The van der Waals surface area contributed by atoms with Gasteiger partial charge in [-0.15, -0.1) is 11.8 Å². The van der Waals surface area contributed by atoms with Gasteiger partial charge in [0, 0.05) is 11.4 Å². The zero-order valence-electron chi connectivity index (χ0n) is 23.5. The number of amides is 1. The molecule has 220 valence electrons. The van der Waals surface area contributed by atoms with Crippen LogP contribution in [0.1, 0.15) is 33.0 Å². The normalized spacial score (nSPS) is 11.5. The molecular formula is C34H28F3NO4S. The summed E-state index contributed by atoms with van der Waals surface area (Å²) in [5.41, 5.74) is 3.96. The maximum atomic E-state index is 14.1. The van der Waals surface area contributed by atoms with Crippen molar-refractivity contribution >= 4 is 34.4 Å². The summed E-state index contributed by atoms with van der Waals surface area (Å²) in [6.07, 6.45) is -4.62. The molecule has 0 spiro atoms. The van der Waals surface area contributed by atoms with Crippen LogP contribution in [0.4, 0.5) is 13.2 Å². The van der Waals surface area contributed by atoms with Crippen LogP contribution in [0.25, 0.3) is 21.9 Å². The number of fused-ring (bicyclic) bond motifs is 1. The first kappa shape index (κ1) is 30.0. The van der Waals surface area contributed by atoms with E-state index in [2.05, 4.69) is 0 Å². The lowest BCUT2D eigenvalue weighted by atomic mass is 9.98. The van der Waals surface area contributed by atoms with E-state index >= 15 is 0 Å². The van der Waals surface area contributed by atoms with E-state index in [9.17, 15) is 22.8 Å². The van der Waals surface area contributed by atoms with Gasteiger partial charge >= 0.3 is 12.1 Å². The third kappa shape index (κ3) is 7.11. The minimum Gasteiger partial charge on any atom is -0.468 e. The van der Waals surface area contributed by atoms with Crippen LogP contribution in [-0.2, 0) is 28.8 Å². The Labute approximate surface area is 251 Å². The zero-order chi connectivity index (χ0) is 30.6. The highest BCUT2D eigenvalue weighted by Crippen LogP contribution is 2.32. The Balaban J connectivity index is 1.43. The molecular weight excluding hydrogens is 575 g/mol. The van der Waals surface area contributed by atoms with Gasteiger partial charge in [-0.05, 0) is 64.2 Å². The van der Waals surface area contributed by atoms with Crippen molar-refractivity contribution < 1.29 is 31.9 Å². The molecule has 4 aromatic carbocycles. The third-order valence-electron chi connectivity index (χ3n) is 7.01. The summed E-state index contributed by atoms with van der Waals surface area (Å²) >= 11 is 1.38. The van der Waals surface area contributed by atoms with Gasteiger partial charge in [0.15, 0.2) is 0 Å². The molecule has 1 aromatic heterocycles. The number of esters is 1. The average molecular weight is 604 g/mol. The number of carbonyl (C=O) groups is 2. The maximum absolute atomic E-state index is 14.1. The summed E-state index contributed by atoms with van der Waals surface area (Å²) in [6, 6.07) is 28.9. The number of hydrogen-bond acceptors (Lipinski definition) is 5. The van der Waals surface area contributed by atoms with Gasteiger partial charge in [-0.25, -0.2) is 0 Å². The van der Waals surface area contributed by atoms with E-state index in [0.717, 1.165) is 44.0 Å². The molecule has 0 atom stereocenters. The first-order chi connectivity index (χ1) is 20.6. The van der Waals surface area contributed by atoms with Gasteiger partial charge in [-0.2, -0.15) is 13.2 Å². The number of rotatable bonds is 9. The highest BCUT2D eigenvalue weighted by molar-refractivity contribution is 8.00. The lowest BCUT2D eigenvalue weighted by Gasteiger charge is -2.24. The van der Waals surface area contributed by atoms with E-state index in [-0.39, 0.29) is 36.5 Å². The second kappa shape index (κ2) is 12.8. The molecule has 0 bridgehead atoms. The lowest BCUT2D eigenvalue weighted by Crippen LogP contribution is -2.30. The fourth-order valence-electron chi connectivity index (χ4n) is 4.82. The Kier molecular flexibility index (Phi) is 8.92. The number of thioether (sulfide) groups is 1. The molecule has 0 saturated heterocycles. The van der Waals surface area contributed by atoms with Crippen LogP contribution < -0.4 is 0 Å². The summed E-state index contributed by atoms with van der Waals surface area (Å²) < 4.78 is 49.5. The molecule has 43 heavy (non-hydrogen) atoms. The van der Waals surface area contributed by atoms with Gasteiger partial charge in [0.05, 0.1) is 25.0 Å². The average Bonchev–Trinajstić information content (AvgIpc) is 3.49. The Morgan fingerprint density at radius 2 is 1.63 bits per heavy atom. The fraction of sp³-hybridized carbons (Fsp3) is 0.176. The number of hydrogen-bond donors (Lipinski definition) is 0. The monoisotopic (exact) mass is 603 g/mol. The van der Waals surface area contributed by atoms with Crippen LogP contribution in [0, 0.1) is 6.92 Å². The number of halogens is 3. The SMILES string of the molecule is COC(=O)CSc1cccc(-c2ccc(CN(Cc3ccc(C(F)(F)F)o3)C(=O)c3c(C)ccc4ccccc34)cc2)c1. The van der Waals surface area contributed by atoms with Gasteiger partial charge in [0.1, 0.15) is 5.76 Å². The highest BCUT2D eigenvalue weighted by Gasteiger charge is 2.35. The molecule has 0 saturated carbocycles. The number of benzene rings is 4. The molecule has 9 heteroatoms. The van der Waals surface area contributed by atoms with Crippen LogP contribution in [0.3, 0.4) is 0 Å². The molecule has 0 aliphatic heterocycles. The quantitative estimate of drug-likeness (QED) is 0.125. The summed E-state index contributed by atoms with van der Waals surface area (Å²) in [5, 5.41) is 1.67. The van der Waals surface area contributed by atoms with E-state index in [1.165, 1.54) is 29.8 Å². The molecule has 0 N–H and O–H groups in total. The number of aryl methyl sites for hydroxylation is 1. The number of methoxy groups -OCH3 is 1. The van der Waals surface area contributed by atoms with Crippen LogP contribution in [0.2, 0.25) is 0 Å². The number of carbonyl (C=O) groups excluding carboxylic acids is 2. The van der Waals surface area contributed by atoms with Crippen molar-refractivity contribution in [2.75, 3.05) is 12.9 Å². The van der Waals surface area contributed by atoms with Crippen LogP contribution in [0.15, 0.2) is 106 Å². The molecule has 1 heterocycles. The Bertz CT molecular complexity index is 1760. The molecule has 1 amide bonds. The van der Waals surface area contributed by atoms with Gasteiger partial charge in [0.2, 0.25) is 5.76 Å². The van der Waals surface area contributed by atoms with E-state index < -0.39 is 11.9 Å².